The molecule has 0 atom stereocenters. The molecule has 100 valence electrons. The van der Waals surface area contributed by atoms with Gasteiger partial charge in [-0.05, 0) is 12.8 Å². The summed E-state index contributed by atoms with van der Waals surface area (Å²) >= 11 is 0. The van der Waals surface area contributed by atoms with E-state index in [-0.39, 0.29) is 18.7 Å². The Morgan fingerprint density at radius 3 is 2.67 bits per heavy atom. The Kier molecular flexibility index (Phi) is 3.38. The van der Waals surface area contributed by atoms with Crippen LogP contribution in [0.4, 0.5) is 0 Å². The zero-order chi connectivity index (χ0) is 13.3. The van der Waals surface area contributed by atoms with Gasteiger partial charge in [-0.2, -0.15) is 5.10 Å². The Hall–Kier alpha value is -1.44. The van der Waals surface area contributed by atoms with Crippen molar-refractivity contribution in [2.45, 2.75) is 31.7 Å². The normalized spacial score (nSPS) is 15.8. The van der Waals surface area contributed by atoms with Gasteiger partial charge in [0.15, 0.2) is 5.82 Å². The summed E-state index contributed by atoms with van der Waals surface area (Å²) in [4.78, 5) is 15.0. The van der Waals surface area contributed by atoms with Gasteiger partial charge >= 0.3 is 5.97 Å². The molecule has 1 aliphatic carbocycles. The lowest BCUT2D eigenvalue weighted by molar-refractivity contribution is -0.137. The van der Waals surface area contributed by atoms with Crippen molar-refractivity contribution in [3.8, 4) is 0 Å². The molecule has 0 spiro atoms. The zero-order valence-corrected chi connectivity index (χ0v) is 10.9. The highest BCUT2D eigenvalue weighted by atomic mass is 32.2. The van der Waals surface area contributed by atoms with Gasteiger partial charge in [0.2, 0.25) is 0 Å². The lowest BCUT2D eigenvalue weighted by Gasteiger charge is -2.01. The Balaban J connectivity index is 2.17. The van der Waals surface area contributed by atoms with Crippen LogP contribution in [0.5, 0.6) is 0 Å². The fraction of sp³-hybridized carbons (Fsp3) is 0.700. The number of carboxylic acids is 1. The van der Waals surface area contributed by atoms with Gasteiger partial charge in [-0.3, -0.25) is 4.79 Å². The largest absolute Gasteiger partial charge is 0.480 e. The number of aliphatic carboxylic acids is 1. The Morgan fingerprint density at radius 1 is 1.50 bits per heavy atom. The van der Waals surface area contributed by atoms with Crippen LogP contribution in [0.3, 0.4) is 0 Å². The molecule has 0 unspecified atom stereocenters. The highest BCUT2D eigenvalue weighted by molar-refractivity contribution is 7.90. The second-order valence-electron chi connectivity index (χ2n) is 4.59. The van der Waals surface area contributed by atoms with Gasteiger partial charge < -0.3 is 5.11 Å². The van der Waals surface area contributed by atoms with Gasteiger partial charge in [0, 0.05) is 18.6 Å². The standard InChI is InChI=1S/C10H15N3O4S/c1-18(16,17)5-4-8-11-10(7-2-3-7)12-13(8)6-9(14)15/h7H,2-6H2,1H3,(H,14,15). The molecule has 18 heavy (non-hydrogen) atoms. The van der Waals surface area contributed by atoms with Crippen LogP contribution >= 0.6 is 0 Å². The molecule has 1 aliphatic rings. The molecule has 0 saturated heterocycles. The lowest BCUT2D eigenvalue weighted by Crippen LogP contribution is -2.16. The fourth-order valence-electron chi connectivity index (χ4n) is 1.62. The van der Waals surface area contributed by atoms with Crippen LogP contribution < -0.4 is 0 Å². The van der Waals surface area contributed by atoms with Crippen LogP contribution in [0.2, 0.25) is 0 Å². The summed E-state index contributed by atoms with van der Waals surface area (Å²) in [7, 11) is -3.09. The molecular formula is C10H15N3O4S. The van der Waals surface area contributed by atoms with E-state index in [1.165, 1.54) is 4.68 Å². The van der Waals surface area contributed by atoms with Gasteiger partial charge in [-0.25, -0.2) is 18.1 Å². The van der Waals surface area contributed by atoms with Crippen LogP contribution in [-0.4, -0.2) is 46.3 Å². The molecule has 0 aliphatic heterocycles. The van der Waals surface area contributed by atoms with Crippen LogP contribution in [0.1, 0.15) is 30.4 Å². The molecule has 1 N–H and O–H groups in total. The molecule has 8 heteroatoms. The minimum Gasteiger partial charge on any atom is -0.480 e. The fourth-order valence-corrected chi connectivity index (χ4v) is 2.18. The number of carboxylic acid groups (broad SMARTS) is 1. The zero-order valence-electron chi connectivity index (χ0n) is 10.0. The number of aryl methyl sites for hydroxylation is 1. The molecule has 2 rings (SSSR count). The molecule has 0 aromatic carbocycles. The number of carbonyl (C=O) groups is 1. The summed E-state index contributed by atoms with van der Waals surface area (Å²) in [6, 6.07) is 0. The summed E-state index contributed by atoms with van der Waals surface area (Å²) in [5, 5.41) is 12.9. The first-order valence-corrected chi connectivity index (χ1v) is 7.74. The molecule has 1 saturated carbocycles. The maximum Gasteiger partial charge on any atom is 0.325 e. The van der Waals surface area contributed by atoms with E-state index in [1.54, 1.807) is 0 Å². The topological polar surface area (TPSA) is 102 Å². The monoisotopic (exact) mass is 273 g/mol. The molecule has 1 aromatic rings. The summed E-state index contributed by atoms with van der Waals surface area (Å²) < 4.78 is 23.5. The molecule has 1 aromatic heterocycles. The highest BCUT2D eigenvalue weighted by Gasteiger charge is 2.29. The van der Waals surface area contributed by atoms with Crippen LogP contribution in [0.15, 0.2) is 0 Å². The van der Waals surface area contributed by atoms with E-state index in [0.29, 0.717) is 17.6 Å². The number of hydrogen-bond acceptors (Lipinski definition) is 5. The summed E-state index contributed by atoms with van der Waals surface area (Å²) in [5.74, 6) is 0.333. The lowest BCUT2D eigenvalue weighted by atomic mass is 10.4. The molecule has 0 radical (unpaired) electrons. The molecule has 1 fully saturated rings. The SMILES string of the molecule is CS(=O)(=O)CCc1nc(C2CC2)nn1CC(=O)O. The average Bonchev–Trinajstić information content (AvgIpc) is 2.98. The Bertz CT molecular complexity index is 560. The van der Waals surface area contributed by atoms with Crippen molar-refractivity contribution in [3.05, 3.63) is 11.6 Å². The van der Waals surface area contributed by atoms with Gasteiger partial charge in [-0.15, -0.1) is 0 Å². The van der Waals surface area contributed by atoms with Crippen LogP contribution in [0.25, 0.3) is 0 Å². The first kappa shape index (κ1) is 13.0. The van der Waals surface area contributed by atoms with E-state index in [2.05, 4.69) is 10.1 Å². The first-order chi connectivity index (χ1) is 8.35. The van der Waals surface area contributed by atoms with Crippen molar-refractivity contribution in [2.75, 3.05) is 12.0 Å². The average molecular weight is 273 g/mol. The number of nitrogens with zero attached hydrogens (tertiary/aromatic N) is 3. The van der Waals surface area contributed by atoms with Crippen molar-refractivity contribution < 1.29 is 18.3 Å². The summed E-state index contributed by atoms with van der Waals surface area (Å²) in [5.41, 5.74) is 0. The highest BCUT2D eigenvalue weighted by Crippen LogP contribution is 2.38. The van der Waals surface area contributed by atoms with Gasteiger partial charge in [0.1, 0.15) is 22.2 Å². The molecule has 7 nitrogen and oxygen atoms in total. The minimum absolute atomic E-state index is 0.0462. The molecular weight excluding hydrogens is 258 g/mol. The van der Waals surface area contributed by atoms with Gasteiger partial charge in [0.05, 0.1) is 5.75 Å². The van der Waals surface area contributed by atoms with Crippen LogP contribution in [0, 0.1) is 0 Å². The maximum atomic E-state index is 11.1. The van der Waals surface area contributed by atoms with Crippen molar-refractivity contribution in [3.63, 3.8) is 0 Å². The van der Waals surface area contributed by atoms with Crippen LogP contribution in [-0.2, 0) is 27.6 Å². The smallest absolute Gasteiger partial charge is 0.325 e. The second kappa shape index (κ2) is 4.68. The van der Waals surface area contributed by atoms with E-state index in [0.717, 1.165) is 19.1 Å². The number of hydrogen-bond donors (Lipinski definition) is 1. The third-order valence-electron chi connectivity index (χ3n) is 2.69. The molecule has 0 amide bonds. The number of sulfone groups is 1. The second-order valence-corrected chi connectivity index (χ2v) is 6.85. The van der Waals surface area contributed by atoms with Crippen molar-refractivity contribution in [2.24, 2.45) is 0 Å². The van der Waals surface area contributed by atoms with Crippen molar-refractivity contribution in [1.29, 1.82) is 0 Å². The summed E-state index contributed by atoms with van der Waals surface area (Å²) in [6.45, 7) is -0.279. The maximum absolute atomic E-state index is 11.1. The third-order valence-corrected chi connectivity index (χ3v) is 3.63. The number of rotatable bonds is 6. The van der Waals surface area contributed by atoms with E-state index < -0.39 is 15.8 Å². The van der Waals surface area contributed by atoms with Crippen molar-refractivity contribution in [1.82, 2.24) is 14.8 Å². The van der Waals surface area contributed by atoms with E-state index in [4.69, 9.17) is 5.11 Å². The van der Waals surface area contributed by atoms with E-state index in [9.17, 15) is 13.2 Å². The van der Waals surface area contributed by atoms with E-state index >= 15 is 0 Å². The Labute approximate surface area is 105 Å². The predicted molar refractivity (Wildman–Crippen MR) is 63.0 cm³/mol. The predicted octanol–water partition coefficient (Wildman–Crippen LogP) is -0.173. The molecule has 1 heterocycles. The number of aromatic nitrogens is 3. The van der Waals surface area contributed by atoms with Gasteiger partial charge in [0.25, 0.3) is 0 Å². The van der Waals surface area contributed by atoms with Gasteiger partial charge in [-0.1, -0.05) is 0 Å². The molecule has 0 bridgehead atoms. The third kappa shape index (κ3) is 3.52. The quantitative estimate of drug-likeness (QED) is 0.771. The Morgan fingerprint density at radius 2 is 2.17 bits per heavy atom. The minimum atomic E-state index is -3.09. The van der Waals surface area contributed by atoms with Crippen molar-refractivity contribution >= 4 is 15.8 Å². The first-order valence-electron chi connectivity index (χ1n) is 5.68. The summed E-state index contributed by atoms with van der Waals surface area (Å²) in [6.07, 6.45) is 3.38. The van der Waals surface area contributed by atoms with E-state index in [1.807, 2.05) is 0 Å².